The Morgan fingerprint density at radius 1 is 1.36 bits per heavy atom. The third-order valence-corrected chi connectivity index (χ3v) is 0.706. The molecule has 0 unspecified atom stereocenters. The van der Waals surface area contributed by atoms with Crippen LogP contribution in [0.2, 0.25) is 0 Å². The van der Waals surface area contributed by atoms with Crippen molar-refractivity contribution in [2.24, 2.45) is 5.92 Å². The molecular formula is C8H20O3. The average Bonchev–Trinajstić information content (AvgIpc) is 1.62. The quantitative estimate of drug-likeness (QED) is 0.655. The summed E-state index contributed by atoms with van der Waals surface area (Å²) in [6.07, 6.45) is 0.931. The number of aliphatic hydroxyl groups is 1. The van der Waals surface area contributed by atoms with Gasteiger partial charge in [0.25, 0.3) is 0 Å². The van der Waals surface area contributed by atoms with Crippen LogP contribution in [-0.4, -0.2) is 23.0 Å². The first-order valence-electron chi connectivity index (χ1n) is 3.58. The minimum absolute atomic E-state index is 0. The molecule has 0 aliphatic rings. The van der Waals surface area contributed by atoms with E-state index in [4.69, 9.17) is 5.11 Å². The highest BCUT2D eigenvalue weighted by molar-refractivity contribution is 5.72. The van der Waals surface area contributed by atoms with E-state index in [1.807, 2.05) is 0 Å². The van der Waals surface area contributed by atoms with Gasteiger partial charge < -0.3 is 15.4 Å². The van der Waals surface area contributed by atoms with Gasteiger partial charge in [0.15, 0.2) is 0 Å². The zero-order valence-corrected chi connectivity index (χ0v) is 7.85. The molecular weight excluding hydrogens is 144 g/mol. The molecule has 0 heterocycles. The second-order valence-electron chi connectivity index (χ2n) is 2.81. The van der Waals surface area contributed by atoms with Crippen molar-refractivity contribution in [3.8, 4) is 0 Å². The number of aliphatic hydroxyl groups excluding tert-OH is 1. The van der Waals surface area contributed by atoms with E-state index in [0.717, 1.165) is 6.42 Å². The second kappa shape index (κ2) is 12.3. The Morgan fingerprint density at radius 3 is 1.64 bits per heavy atom. The van der Waals surface area contributed by atoms with Crippen molar-refractivity contribution in [1.29, 1.82) is 0 Å². The Balaban J connectivity index is -0.000000114. The highest BCUT2D eigenvalue weighted by Crippen LogP contribution is 1.94. The van der Waals surface area contributed by atoms with Gasteiger partial charge in [-0.2, -0.15) is 0 Å². The minimum atomic E-state index is 0. The molecule has 0 rings (SSSR count). The third kappa shape index (κ3) is 82.4. The standard InChI is InChI=1S/C5H12O.C3H6O.H2O/c1-5(2)3-4-6;1-3(2)4;/h5-6H,3-4H2,1-2H3;1-2H3;1H2. The van der Waals surface area contributed by atoms with E-state index in [9.17, 15) is 4.79 Å². The summed E-state index contributed by atoms with van der Waals surface area (Å²) in [5, 5.41) is 8.24. The summed E-state index contributed by atoms with van der Waals surface area (Å²) < 4.78 is 0. The molecule has 0 aliphatic carbocycles. The van der Waals surface area contributed by atoms with Gasteiger partial charge >= 0.3 is 0 Å². The molecule has 0 aliphatic heterocycles. The summed E-state index contributed by atoms with van der Waals surface area (Å²) in [6.45, 7) is 7.57. The van der Waals surface area contributed by atoms with Crippen molar-refractivity contribution in [2.45, 2.75) is 34.1 Å². The second-order valence-corrected chi connectivity index (χ2v) is 2.81. The van der Waals surface area contributed by atoms with E-state index >= 15 is 0 Å². The summed E-state index contributed by atoms with van der Waals surface area (Å²) in [4.78, 5) is 9.44. The maximum atomic E-state index is 9.44. The lowest BCUT2D eigenvalue weighted by Crippen LogP contribution is -1.89. The van der Waals surface area contributed by atoms with Crippen LogP contribution in [0.3, 0.4) is 0 Å². The van der Waals surface area contributed by atoms with Gasteiger partial charge in [-0.05, 0) is 26.2 Å². The predicted octanol–water partition coefficient (Wildman–Crippen LogP) is 0.795. The highest BCUT2D eigenvalue weighted by Gasteiger charge is 1.86. The Bertz CT molecular complexity index is 75.4. The van der Waals surface area contributed by atoms with E-state index < -0.39 is 0 Å². The van der Waals surface area contributed by atoms with Crippen LogP contribution in [0.5, 0.6) is 0 Å². The SMILES string of the molecule is CC(C)=O.CC(C)CCO.O. The van der Waals surface area contributed by atoms with Crippen LogP contribution in [0, 0.1) is 5.92 Å². The molecule has 70 valence electrons. The van der Waals surface area contributed by atoms with Crippen molar-refractivity contribution < 1.29 is 15.4 Å². The van der Waals surface area contributed by atoms with Crippen molar-refractivity contribution in [2.75, 3.05) is 6.61 Å². The molecule has 0 atom stereocenters. The number of carbonyl (C=O) groups excluding carboxylic acids is 1. The van der Waals surface area contributed by atoms with Gasteiger partial charge in [0.2, 0.25) is 0 Å². The van der Waals surface area contributed by atoms with Crippen molar-refractivity contribution in [3.05, 3.63) is 0 Å². The smallest absolute Gasteiger partial charge is 0.126 e. The van der Waals surface area contributed by atoms with E-state index in [-0.39, 0.29) is 11.3 Å². The van der Waals surface area contributed by atoms with Gasteiger partial charge in [-0.15, -0.1) is 0 Å². The van der Waals surface area contributed by atoms with Gasteiger partial charge in [0, 0.05) is 6.61 Å². The molecule has 0 radical (unpaired) electrons. The highest BCUT2D eigenvalue weighted by atomic mass is 16.3. The molecule has 3 N–H and O–H groups in total. The summed E-state index contributed by atoms with van der Waals surface area (Å²) in [6, 6.07) is 0. The molecule has 0 spiro atoms. The Morgan fingerprint density at radius 2 is 1.64 bits per heavy atom. The molecule has 0 saturated heterocycles. The maximum Gasteiger partial charge on any atom is 0.126 e. The van der Waals surface area contributed by atoms with E-state index in [2.05, 4.69) is 13.8 Å². The number of hydrogen-bond acceptors (Lipinski definition) is 2. The van der Waals surface area contributed by atoms with Gasteiger partial charge in [0.05, 0.1) is 0 Å². The van der Waals surface area contributed by atoms with Crippen LogP contribution >= 0.6 is 0 Å². The number of hydrogen-bond donors (Lipinski definition) is 1. The Hall–Kier alpha value is -0.410. The average molecular weight is 164 g/mol. The van der Waals surface area contributed by atoms with E-state index in [1.165, 1.54) is 13.8 Å². The summed E-state index contributed by atoms with van der Waals surface area (Å²) in [5.74, 6) is 0.815. The first kappa shape index (κ1) is 16.9. The minimum Gasteiger partial charge on any atom is -0.412 e. The van der Waals surface area contributed by atoms with Gasteiger partial charge in [0.1, 0.15) is 5.78 Å². The van der Waals surface area contributed by atoms with Crippen molar-refractivity contribution >= 4 is 5.78 Å². The number of rotatable bonds is 2. The van der Waals surface area contributed by atoms with Crippen LogP contribution in [0.25, 0.3) is 0 Å². The fourth-order valence-electron chi connectivity index (χ4n) is 0.258. The first-order valence-corrected chi connectivity index (χ1v) is 3.58. The lowest BCUT2D eigenvalue weighted by atomic mass is 10.2. The van der Waals surface area contributed by atoms with Crippen LogP contribution in [0.15, 0.2) is 0 Å². The van der Waals surface area contributed by atoms with E-state index in [1.54, 1.807) is 0 Å². The number of carbonyl (C=O) groups is 1. The Labute approximate surface area is 68.7 Å². The predicted molar refractivity (Wildman–Crippen MR) is 46.5 cm³/mol. The molecule has 0 amide bonds. The van der Waals surface area contributed by atoms with Crippen molar-refractivity contribution in [1.82, 2.24) is 0 Å². The summed E-state index contributed by atoms with van der Waals surface area (Å²) in [7, 11) is 0. The number of ketones is 1. The summed E-state index contributed by atoms with van der Waals surface area (Å²) >= 11 is 0. The third-order valence-electron chi connectivity index (χ3n) is 0.706. The maximum absolute atomic E-state index is 9.44. The van der Waals surface area contributed by atoms with Gasteiger partial charge in [-0.25, -0.2) is 0 Å². The Kier molecular flexibility index (Phi) is 18.9. The van der Waals surface area contributed by atoms with Crippen LogP contribution in [-0.2, 0) is 4.79 Å². The molecule has 0 bridgehead atoms. The topological polar surface area (TPSA) is 68.8 Å². The molecule has 0 fully saturated rings. The number of Topliss-reactive ketones (excluding diaryl/α,β-unsaturated/α-hetero) is 1. The zero-order valence-electron chi connectivity index (χ0n) is 7.85. The largest absolute Gasteiger partial charge is 0.412 e. The zero-order chi connectivity index (χ0) is 8.57. The molecule has 11 heavy (non-hydrogen) atoms. The van der Waals surface area contributed by atoms with Crippen molar-refractivity contribution in [3.63, 3.8) is 0 Å². The van der Waals surface area contributed by atoms with Gasteiger partial charge in [-0.1, -0.05) is 13.8 Å². The van der Waals surface area contributed by atoms with Crippen LogP contribution < -0.4 is 0 Å². The molecule has 0 aromatic rings. The van der Waals surface area contributed by atoms with Crippen LogP contribution in [0.1, 0.15) is 34.1 Å². The van der Waals surface area contributed by atoms with E-state index in [0.29, 0.717) is 12.5 Å². The monoisotopic (exact) mass is 164 g/mol. The molecule has 0 aromatic heterocycles. The lowest BCUT2D eigenvalue weighted by Gasteiger charge is -1.95. The summed E-state index contributed by atoms with van der Waals surface area (Å²) in [5.41, 5.74) is 0. The van der Waals surface area contributed by atoms with Crippen LogP contribution in [0.4, 0.5) is 0 Å². The molecule has 3 heteroatoms. The molecule has 0 saturated carbocycles. The normalized spacial score (nSPS) is 7.82. The van der Waals surface area contributed by atoms with Gasteiger partial charge in [-0.3, -0.25) is 0 Å². The lowest BCUT2D eigenvalue weighted by molar-refractivity contribution is -0.114. The fourth-order valence-corrected chi connectivity index (χ4v) is 0.258. The fraction of sp³-hybridized carbons (Fsp3) is 0.875. The molecule has 3 nitrogen and oxygen atoms in total. The molecule has 0 aromatic carbocycles. The first-order chi connectivity index (χ1) is 4.50.